The van der Waals surface area contributed by atoms with Crippen molar-refractivity contribution < 1.29 is 9.53 Å². The zero-order valence-electron chi connectivity index (χ0n) is 23.1. The van der Waals surface area contributed by atoms with Crippen molar-refractivity contribution in [3.63, 3.8) is 0 Å². The molecule has 0 saturated carbocycles. The predicted molar refractivity (Wildman–Crippen MR) is 160 cm³/mol. The Morgan fingerprint density at radius 1 is 1.03 bits per heavy atom. The molecule has 0 aliphatic carbocycles. The van der Waals surface area contributed by atoms with Gasteiger partial charge in [-0.2, -0.15) is 0 Å². The summed E-state index contributed by atoms with van der Waals surface area (Å²) in [7, 11) is 1.59. The van der Waals surface area contributed by atoms with Gasteiger partial charge in [0.2, 0.25) is 5.91 Å². The molecule has 2 atom stereocenters. The fraction of sp³-hybridized carbons (Fsp3) is 0.258. The highest BCUT2D eigenvalue weighted by molar-refractivity contribution is 7.80. The molecule has 4 aromatic rings. The third-order valence-corrected chi connectivity index (χ3v) is 7.64. The number of carbonyl (C=O) groups excluding carboxylic acids is 1. The molecule has 1 fully saturated rings. The van der Waals surface area contributed by atoms with Crippen LogP contribution in [0, 0.1) is 27.7 Å². The second-order valence-electron chi connectivity index (χ2n) is 9.96. The first kappa shape index (κ1) is 26.4. The molecule has 1 amide bonds. The third-order valence-electron chi connectivity index (χ3n) is 7.32. The number of rotatable bonds is 6. The van der Waals surface area contributed by atoms with Gasteiger partial charge in [0.1, 0.15) is 5.75 Å². The molecule has 0 bridgehead atoms. The quantitative estimate of drug-likeness (QED) is 0.282. The largest absolute Gasteiger partial charge is 0.495 e. The highest BCUT2D eigenvalue weighted by atomic mass is 32.1. The van der Waals surface area contributed by atoms with E-state index in [0.29, 0.717) is 16.5 Å². The Hall–Kier alpha value is -4.17. The average molecular weight is 540 g/mol. The summed E-state index contributed by atoms with van der Waals surface area (Å²) in [5.74, 6) is 0.408. The lowest BCUT2D eigenvalue weighted by Crippen LogP contribution is -2.29. The van der Waals surface area contributed by atoms with E-state index >= 15 is 0 Å². The van der Waals surface area contributed by atoms with Gasteiger partial charge in [0.25, 0.3) is 0 Å². The summed E-state index contributed by atoms with van der Waals surface area (Å²) in [6.45, 7) is 10.1. The Labute approximate surface area is 234 Å². The molecule has 0 radical (unpaired) electrons. The van der Waals surface area contributed by atoms with Crippen molar-refractivity contribution in [3.8, 4) is 11.4 Å². The lowest BCUT2D eigenvalue weighted by Gasteiger charge is -2.29. The summed E-state index contributed by atoms with van der Waals surface area (Å²) in [6.07, 6.45) is 1.81. The molecule has 2 aromatic heterocycles. The van der Waals surface area contributed by atoms with Crippen molar-refractivity contribution in [2.45, 2.75) is 46.7 Å². The summed E-state index contributed by atoms with van der Waals surface area (Å²) >= 11 is 5.95. The van der Waals surface area contributed by atoms with Gasteiger partial charge in [-0.05, 0) is 93.0 Å². The van der Waals surface area contributed by atoms with Gasteiger partial charge >= 0.3 is 0 Å². The van der Waals surface area contributed by atoms with Crippen LogP contribution in [0.3, 0.4) is 0 Å². The number of nitrogens with one attached hydrogen (secondary N) is 2. The number of nitrogens with zero attached hydrogens (tertiary/aromatic N) is 3. The SMILES string of the molecule is COc1ccc(N2C(=S)N[C@@H](c3ccccn3)[C@@H]2c2cc(C)n(-c3c(C)cccc3C)c2C)cc1NC(C)=O. The lowest BCUT2D eigenvalue weighted by atomic mass is 9.96. The van der Waals surface area contributed by atoms with Crippen molar-refractivity contribution in [2.75, 3.05) is 17.3 Å². The van der Waals surface area contributed by atoms with Crippen LogP contribution in [-0.4, -0.2) is 27.7 Å². The van der Waals surface area contributed by atoms with Crippen molar-refractivity contribution in [1.29, 1.82) is 0 Å². The number of amides is 1. The van der Waals surface area contributed by atoms with Gasteiger partial charge in [-0.1, -0.05) is 24.3 Å². The first-order valence-corrected chi connectivity index (χ1v) is 13.3. The smallest absolute Gasteiger partial charge is 0.221 e. The molecule has 2 N–H and O–H groups in total. The van der Waals surface area contributed by atoms with Crippen LogP contribution in [0.2, 0.25) is 0 Å². The summed E-state index contributed by atoms with van der Waals surface area (Å²) < 4.78 is 7.85. The van der Waals surface area contributed by atoms with E-state index in [1.165, 1.54) is 23.7 Å². The van der Waals surface area contributed by atoms with E-state index in [0.717, 1.165) is 28.3 Å². The Balaban J connectivity index is 1.70. The van der Waals surface area contributed by atoms with Crippen LogP contribution in [0.5, 0.6) is 5.75 Å². The summed E-state index contributed by atoms with van der Waals surface area (Å²) in [4.78, 5) is 18.8. The van der Waals surface area contributed by atoms with Crippen molar-refractivity contribution >= 4 is 34.6 Å². The Morgan fingerprint density at radius 3 is 2.41 bits per heavy atom. The minimum atomic E-state index is -0.185. The summed E-state index contributed by atoms with van der Waals surface area (Å²) in [5, 5.41) is 7.02. The topological polar surface area (TPSA) is 71.4 Å². The maximum absolute atomic E-state index is 11.9. The predicted octanol–water partition coefficient (Wildman–Crippen LogP) is 6.25. The molecule has 2 aromatic carbocycles. The maximum atomic E-state index is 11.9. The van der Waals surface area contributed by atoms with Crippen molar-refractivity contribution in [2.24, 2.45) is 0 Å². The number of hydrogen-bond acceptors (Lipinski definition) is 4. The highest BCUT2D eigenvalue weighted by Gasteiger charge is 2.42. The number of ether oxygens (including phenoxy) is 1. The van der Waals surface area contributed by atoms with Crippen LogP contribution in [0.15, 0.2) is 66.9 Å². The van der Waals surface area contributed by atoms with E-state index < -0.39 is 0 Å². The molecular formula is C31H33N5O2S. The Kier molecular flexibility index (Phi) is 7.14. The second-order valence-corrected chi connectivity index (χ2v) is 10.4. The van der Waals surface area contributed by atoms with E-state index in [2.05, 4.69) is 72.1 Å². The van der Waals surface area contributed by atoms with Crippen molar-refractivity contribution in [1.82, 2.24) is 14.9 Å². The number of aromatic nitrogens is 2. The zero-order valence-corrected chi connectivity index (χ0v) is 23.9. The molecular weight excluding hydrogens is 506 g/mol. The number of pyridine rings is 1. The highest BCUT2D eigenvalue weighted by Crippen LogP contribution is 2.45. The molecule has 0 unspecified atom stereocenters. The zero-order chi connectivity index (χ0) is 27.8. The molecule has 0 spiro atoms. The molecule has 3 heterocycles. The van der Waals surface area contributed by atoms with Crippen LogP contribution in [0.25, 0.3) is 5.69 Å². The van der Waals surface area contributed by atoms with E-state index in [4.69, 9.17) is 21.9 Å². The normalized spacial score (nSPS) is 16.8. The first-order chi connectivity index (χ1) is 18.7. The number of para-hydroxylation sites is 1. The van der Waals surface area contributed by atoms with Gasteiger partial charge in [0.15, 0.2) is 5.11 Å². The molecule has 8 heteroatoms. The van der Waals surface area contributed by atoms with E-state index in [9.17, 15) is 4.79 Å². The fourth-order valence-corrected chi connectivity index (χ4v) is 6.02. The molecule has 39 heavy (non-hydrogen) atoms. The van der Waals surface area contributed by atoms with E-state index in [1.807, 2.05) is 42.6 Å². The number of anilines is 2. The molecule has 200 valence electrons. The van der Waals surface area contributed by atoms with E-state index in [-0.39, 0.29) is 18.0 Å². The fourth-order valence-electron chi connectivity index (χ4n) is 5.67. The number of methoxy groups -OCH3 is 1. The van der Waals surface area contributed by atoms with Crippen LogP contribution in [0.1, 0.15) is 52.8 Å². The van der Waals surface area contributed by atoms with Crippen LogP contribution < -0.4 is 20.3 Å². The van der Waals surface area contributed by atoms with Crippen LogP contribution >= 0.6 is 12.2 Å². The van der Waals surface area contributed by atoms with E-state index in [1.54, 1.807) is 7.11 Å². The molecule has 7 nitrogen and oxygen atoms in total. The summed E-state index contributed by atoms with van der Waals surface area (Å²) in [6, 6.07) is 20.0. The minimum Gasteiger partial charge on any atom is -0.495 e. The molecule has 1 aliphatic heterocycles. The average Bonchev–Trinajstić information content (AvgIpc) is 3.39. The lowest BCUT2D eigenvalue weighted by molar-refractivity contribution is -0.114. The molecule has 5 rings (SSSR count). The Morgan fingerprint density at radius 2 is 1.77 bits per heavy atom. The van der Waals surface area contributed by atoms with Gasteiger partial charge in [-0.15, -0.1) is 0 Å². The van der Waals surface area contributed by atoms with Gasteiger partial charge in [-0.25, -0.2) is 0 Å². The van der Waals surface area contributed by atoms with Crippen LogP contribution in [-0.2, 0) is 4.79 Å². The van der Waals surface area contributed by atoms with Gasteiger partial charge in [-0.3, -0.25) is 9.78 Å². The van der Waals surface area contributed by atoms with Gasteiger partial charge < -0.3 is 24.8 Å². The molecule has 1 saturated heterocycles. The summed E-state index contributed by atoms with van der Waals surface area (Å²) in [5.41, 5.74) is 9.41. The van der Waals surface area contributed by atoms with Gasteiger partial charge in [0, 0.05) is 30.2 Å². The number of hydrogen-bond donors (Lipinski definition) is 2. The standard InChI is InChI=1S/C31H33N5O2S/c1-18-10-9-11-19(2)29(18)35-20(3)16-24(21(35)4)30-28(25-12-7-8-15-32-25)34-31(39)36(30)23-13-14-27(38-6)26(17-23)33-22(5)37/h7-17,28,30H,1-6H3,(H,33,37)(H,34,39)/t28-,30-/m0/s1. The monoisotopic (exact) mass is 539 g/mol. The first-order valence-electron chi connectivity index (χ1n) is 12.9. The third kappa shape index (κ3) is 4.76. The minimum absolute atomic E-state index is 0.173. The number of benzene rings is 2. The Bertz CT molecular complexity index is 1540. The van der Waals surface area contributed by atoms with Gasteiger partial charge in [0.05, 0.1) is 36.3 Å². The maximum Gasteiger partial charge on any atom is 0.221 e. The second kappa shape index (κ2) is 10.5. The number of thiocarbonyl (C=S) groups is 1. The number of aryl methyl sites for hydroxylation is 3. The van der Waals surface area contributed by atoms with Crippen molar-refractivity contribution in [3.05, 3.63) is 101 Å². The number of carbonyl (C=O) groups is 1. The van der Waals surface area contributed by atoms with Crippen LogP contribution in [0.4, 0.5) is 11.4 Å². The molecule has 1 aliphatic rings.